The predicted molar refractivity (Wildman–Crippen MR) is 138 cm³/mol. The van der Waals surface area contributed by atoms with Gasteiger partial charge in [-0.3, -0.25) is 14.5 Å². The zero-order valence-electron chi connectivity index (χ0n) is 21.3. The third kappa shape index (κ3) is 6.82. The summed E-state index contributed by atoms with van der Waals surface area (Å²) in [4.78, 5) is 33.9. The molecule has 2 aromatic rings. The summed E-state index contributed by atoms with van der Waals surface area (Å²) in [6.07, 6.45) is -2.78. The maximum atomic E-state index is 13.4. The van der Waals surface area contributed by atoms with E-state index >= 15 is 0 Å². The molecular weight excluding hydrogens is 523 g/mol. The summed E-state index contributed by atoms with van der Waals surface area (Å²) in [5, 5.41) is 7.84. The van der Waals surface area contributed by atoms with Crippen LogP contribution in [-0.4, -0.2) is 87.0 Å². The Morgan fingerprint density at radius 3 is 2.71 bits per heavy atom. The van der Waals surface area contributed by atoms with Crippen LogP contribution in [0.15, 0.2) is 23.6 Å². The molecule has 0 unspecified atom stereocenters. The van der Waals surface area contributed by atoms with Crippen LogP contribution in [0.3, 0.4) is 0 Å². The molecule has 2 saturated heterocycles. The van der Waals surface area contributed by atoms with Crippen LogP contribution in [-0.2, 0) is 16.0 Å². The Bertz CT molecular complexity index is 1130. The van der Waals surface area contributed by atoms with Gasteiger partial charge < -0.3 is 25.0 Å². The molecule has 2 fully saturated rings. The number of alkyl halides is 3. The van der Waals surface area contributed by atoms with Gasteiger partial charge in [-0.25, -0.2) is 4.98 Å². The topological polar surface area (TPSA) is 96.0 Å². The molecule has 3 heterocycles. The van der Waals surface area contributed by atoms with Crippen LogP contribution in [0.25, 0.3) is 0 Å². The zero-order valence-corrected chi connectivity index (χ0v) is 22.2. The van der Waals surface area contributed by atoms with Gasteiger partial charge in [-0.15, -0.1) is 11.3 Å². The van der Waals surface area contributed by atoms with E-state index in [1.165, 1.54) is 29.4 Å². The second kappa shape index (κ2) is 12.4. The van der Waals surface area contributed by atoms with Crippen molar-refractivity contribution in [2.24, 2.45) is 0 Å². The van der Waals surface area contributed by atoms with Crippen molar-refractivity contribution in [2.75, 3.05) is 57.2 Å². The number of rotatable bonds is 10. The summed E-state index contributed by atoms with van der Waals surface area (Å²) in [6.45, 7) is 2.38. The zero-order chi connectivity index (χ0) is 27.3. The Morgan fingerprint density at radius 2 is 2.00 bits per heavy atom. The largest absolute Gasteiger partial charge is 0.404 e. The molecule has 0 saturated carbocycles. The van der Waals surface area contributed by atoms with E-state index in [0.717, 1.165) is 13.0 Å². The Morgan fingerprint density at radius 1 is 1.18 bits per heavy atom. The number of ether oxygens (including phenoxy) is 2. The Balaban J connectivity index is 1.51. The summed E-state index contributed by atoms with van der Waals surface area (Å²) < 4.78 is 50.6. The lowest BCUT2D eigenvalue weighted by atomic mass is 10.1. The molecule has 1 aromatic heterocycles. The highest BCUT2D eigenvalue weighted by atomic mass is 32.1. The number of benzene rings is 1. The second-order valence-corrected chi connectivity index (χ2v) is 10.2. The van der Waals surface area contributed by atoms with Gasteiger partial charge in [-0.1, -0.05) is 6.07 Å². The van der Waals surface area contributed by atoms with Crippen LogP contribution >= 0.6 is 11.3 Å². The van der Waals surface area contributed by atoms with Crippen molar-refractivity contribution in [1.29, 1.82) is 0 Å². The third-order valence-corrected chi connectivity index (χ3v) is 7.67. The molecular formula is C25H32F3N5O4S. The molecule has 4 rings (SSSR count). The number of nitrogens with zero attached hydrogens (tertiary/aromatic N) is 3. The molecule has 0 bridgehead atoms. The summed E-state index contributed by atoms with van der Waals surface area (Å²) >= 11 is 1.35. The molecule has 2 aliphatic rings. The standard InChI is InChI=1S/C25H32F3N5O4S/c1-36-11-8-29-22(34)18-12-16(13-32-9-3-4-21(32)25(26,27)28)5-6-19(18)30-23(35)20-15-38-24(31-20)33-10-7-17(14-33)37-2/h5-6,12,15,17,21H,3-4,7-11,13-14H2,1-2H3,(H,29,34)(H,30,35)/t17-,21-/m0/s1. The Labute approximate surface area is 223 Å². The van der Waals surface area contributed by atoms with Gasteiger partial charge >= 0.3 is 6.18 Å². The number of methoxy groups -OCH3 is 2. The van der Waals surface area contributed by atoms with Crippen molar-refractivity contribution in [3.8, 4) is 0 Å². The number of amides is 2. The molecule has 0 spiro atoms. The van der Waals surface area contributed by atoms with Gasteiger partial charge in [0.2, 0.25) is 0 Å². The molecule has 1 aromatic carbocycles. The monoisotopic (exact) mass is 555 g/mol. The maximum absolute atomic E-state index is 13.4. The molecule has 0 radical (unpaired) electrons. The van der Waals surface area contributed by atoms with Gasteiger partial charge in [0.15, 0.2) is 5.13 Å². The van der Waals surface area contributed by atoms with Gasteiger partial charge in [0.25, 0.3) is 11.8 Å². The van der Waals surface area contributed by atoms with Crippen LogP contribution < -0.4 is 15.5 Å². The second-order valence-electron chi connectivity index (χ2n) is 9.36. The molecule has 2 amide bonds. The first kappa shape index (κ1) is 28.3. The number of aromatic nitrogens is 1. The number of likely N-dealkylation sites (tertiary alicyclic amines) is 1. The number of hydrogen-bond donors (Lipinski definition) is 2. The highest BCUT2D eigenvalue weighted by Crippen LogP contribution is 2.34. The normalized spacial score (nSPS) is 20.2. The minimum Gasteiger partial charge on any atom is -0.383 e. The van der Waals surface area contributed by atoms with Crippen molar-refractivity contribution < 1.29 is 32.2 Å². The molecule has 9 nitrogen and oxygen atoms in total. The lowest BCUT2D eigenvalue weighted by Gasteiger charge is -2.26. The molecule has 2 N–H and O–H groups in total. The van der Waals surface area contributed by atoms with Crippen LogP contribution in [0.1, 0.15) is 45.7 Å². The fourth-order valence-electron chi connectivity index (χ4n) is 4.76. The summed E-state index contributed by atoms with van der Waals surface area (Å²) in [7, 11) is 3.17. The Hall–Kier alpha value is -2.74. The summed E-state index contributed by atoms with van der Waals surface area (Å²) in [6, 6.07) is 3.21. The smallest absolute Gasteiger partial charge is 0.383 e. The van der Waals surface area contributed by atoms with Gasteiger partial charge in [0.05, 0.1) is 24.0 Å². The average Bonchev–Trinajstić information content (AvgIpc) is 3.65. The van der Waals surface area contributed by atoms with Crippen LogP contribution in [0.5, 0.6) is 0 Å². The van der Waals surface area contributed by atoms with E-state index in [1.54, 1.807) is 24.6 Å². The highest BCUT2D eigenvalue weighted by Gasteiger charge is 2.45. The van der Waals surface area contributed by atoms with Gasteiger partial charge in [0, 0.05) is 45.8 Å². The number of halogens is 3. The average molecular weight is 556 g/mol. The molecule has 38 heavy (non-hydrogen) atoms. The van der Waals surface area contributed by atoms with E-state index in [1.807, 2.05) is 0 Å². The summed E-state index contributed by atoms with van der Waals surface area (Å²) in [5.74, 6) is -0.944. The SMILES string of the molecule is COCCNC(=O)c1cc(CN2CCC[C@H]2C(F)(F)F)ccc1NC(=O)c1csc(N2CC[C@H](OC)C2)n1. The summed E-state index contributed by atoms with van der Waals surface area (Å²) in [5.41, 5.74) is 1.17. The van der Waals surface area contributed by atoms with E-state index in [9.17, 15) is 22.8 Å². The van der Waals surface area contributed by atoms with Crippen molar-refractivity contribution in [2.45, 2.75) is 44.1 Å². The first-order valence-corrected chi connectivity index (χ1v) is 13.3. The lowest BCUT2D eigenvalue weighted by molar-refractivity contribution is -0.177. The molecule has 208 valence electrons. The molecule has 13 heteroatoms. The fraction of sp³-hybridized carbons (Fsp3) is 0.560. The third-order valence-electron chi connectivity index (χ3n) is 6.77. The number of nitrogens with one attached hydrogen (secondary N) is 2. The van der Waals surface area contributed by atoms with E-state index < -0.39 is 24.0 Å². The van der Waals surface area contributed by atoms with Gasteiger partial charge in [0.1, 0.15) is 11.7 Å². The van der Waals surface area contributed by atoms with Crippen molar-refractivity contribution in [3.63, 3.8) is 0 Å². The number of thiazole rings is 1. The highest BCUT2D eigenvalue weighted by molar-refractivity contribution is 7.14. The maximum Gasteiger partial charge on any atom is 0.404 e. The molecule has 0 aliphatic carbocycles. The first-order chi connectivity index (χ1) is 18.2. The van der Waals surface area contributed by atoms with Crippen LogP contribution in [0, 0.1) is 0 Å². The minimum atomic E-state index is -4.31. The number of hydrogen-bond acceptors (Lipinski definition) is 8. The Kier molecular flexibility index (Phi) is 9.23. The number of carbonyl (C=O) groups is 2. The molecule has 2 atom stereocenters. The van der Waals surface area contributed by atoms with Gasteiger partial charge in [-0.2, -0.15) is 13.2 Å². The van der Waals surface area contributed by atoms with Crippen molar-refractivity contribution in [3.05, 3.63) is 40.4 Å². The van der Waals surface area contributed by atoms with Crippen LogP contribution in [0.2, 0.25) is 0 Å². The van der Waals surface area contributed by atoms with E-state index in [4.69, 9.17) is 9.47 Å². The van der Waals surface area contributed by atoms with Crippen molar-refractivity contribution >= 4 is 34.0 Å². The minimum absolute atomic E-state index is 0.0461. The lowest BCUT2D eigenvalue weighted by Crippen LogP contribution is -2.40. The van der Waals surface area contributed by atoms with Gasteiger partial charge in [-0.05, 0) is 43.5 Å². The predicted octanol–water partition coefficient (Wildman–Crippen LogP) is 3.52. The fourth-order valence-corrected chi connectivity index (χ4v) is 5.61. The molecule has 2 aliphatic heterocycles. The number of carbonyl (C=O) groups excluding carboxylic acids is 2. The van der Waals surface area contributed by atoms with E-state index in [2.05, 4.69) is 20.5 Å². The van der Waals surface area contributed by atoms with Crippen LogP contribution in [0.4, 0.5) is 24.0 Å². The van der Waals surface area contributed by atoms with E-state index in [0.29, 0.717) is 30.2 Å². The first-order valence-electron chi connectivity index (χ1n) is 12.4. The quantitative estimate of drug-likeness (QED) is 0.433. The number of anilines is 2. The van der Waals surface area contributed by atoms with Crippen molar-refractivity contribution in [1.82, 2.24) is 15.2 Å². The van der Waals surface area contributed by atoms with E-state index in [-0.39, 0.29) is 49.2 Å².